The molecule has 0 radical (unpaired) electrons. The van der Waals surface area contributed by atoms with Gasteiger partial charge in [0.05, 0.1) is 0 Å². The van der Waals surface area contributed by atoms with Crippen LogP contribution in [0.4, 0.5) is 0 Å². The van der Waals surface area contributed by atoms with Gasteiger partial charge in [-0.15, -0.1) is 0 Å². The van der Waals surface area contributed by atoms with E-state index in [9.17, 15) is 0 Å². The summed E-state index contributed by atoms with van der Waals surface area (Å²) in [5, 5.41) is 3.11. The maximum Gasteiger partial charge on any atom is 0.0175 e. The monoisotopic (exact) mass is 239 g/mol. The van der Waals surface area contributed by atoms with Crippen LogP contribution in [0.1, 0.15) is 12.0 Å². The van der Waals surface area contributed by atoms with E-state index in [0.717, 1.165) is 17.4 Å². The molecule has 0 fully saturated rings. The Balaban J connectivity index is 2.61. The highest BCUT2D eigenvalue weighted by molar-refractivity contribution is 9.10. The van der Waals surface area contributed by atoms with Gasteiger partial charge in [0.15, 0.2) is 0 Å². The molecule has 1 rings (SSSR count). The molecule has 0 unspecified atom stereocenters. The predicted molar refractivity (Wildman–Crippen MR) is 61.7 cm³/mol. The highest BCUT2D eigenvalue weighted by atomic mass is 79.9. The zero-order valence-electron chi connectivity index (χ0n) is 7.81. The zero-order chi connectivity index (χ0) is 9.68. The van der Waals surface area contributed by atoms with E-state index < -0.39 is 0 Å². The molecule has 0 saturated heterocycles. The van der Waals surface area contributed by atoms with Gasteiger partial charge in [-0.25, -0.2) is 0 Å². The second-order valence-corrected chi connectivity index (χ2v) is 3.88. The first-order valence-corrected chi connectivity index (χ1v) is 5.11. The first-order chi connectivity index (χ1) is 6.24. The summed E-state index contributed by atoms with van der Waals surface area (Å²) >= 11 is 3.41. The first-order valence-electron chi connectivity index (χ1n) is 4.32. The number of benzene rings is 1. The molecule has 2 heteroatoms. The topological polar surface area (TPSA) is 12.0 Å². The molecule has 13 heavy (non-hydrogen) atoms. The van der Waals surface area contributed by atoms with Crippen molar-refractivity contribution in [3.05, 3.63) is 40.9 Å². The summed E-state index contributed by atoms with van der Waals surface area (Å²) in [5.41, 5.74) is 2.40. The molecule has 1 aromatic carbocycles. The van der Waals surface area contributed by atoms with E-state index in [2.05, 4.69) is 40.0 Å². The average Bonchev–Trinajstić information content (AvgIpc) is 2.15. The Labute approximate surface area is 88.0 Å². The van der Waals surface area contributed by atoms with Crippen molar-refractivity contribution in [1.82, 2.24) is 5.32 Å². The predicted octanol–water partition coefficient (Wildman–Crippen LogP) is 3.07. The molecule has 0 atom stereocenters. The van der Waals surface area contributed by atoms with Crippen molar-refractivity contribution in [2.75, 3.05) is 13.6 Å². The number of hydrogen-bond donors (Lipinski definition) is 1. The van der Waals surface area contributed by atoms with E-state index in [1.807, 2.05) is 19.2 Å². The van der Waals surface area contributed by atoms with Crippen molar-refractivity contribution in [1.29, 1.82) is 0 Å². The van der Waals surface area contributed by atoms with Crippen LogP contribution < -0.4 is 5.32 Å². The number of nitrogens with one attached hydrogen (secondary N) is 1. The minimum Gasteiger partial charge on any atom is -0.319 e. The van der Waals surface area contributed by atoms with Gasteiger partial charge in [-0.3, -0.25) is 0 Å². The molecule has 0 aromatic heterocycles. The van der Waals surface area contributed by atoms with E-state index in [0.29, 0.717) is 0 Å². The first kappa shape index (κ1) is 10.5. The molecular weight excluding hydrogens is 226 g/mol. The van der Waals surface area contributed by atoms with Gasteiger partial charge in [0, 0.05) is 4.47 Å². The summed E-state index contributed by atoms with van der Waals surface area (Å²) in [5.74, 6) is 0. The van der Waals surface area contributed by atoms with Crippen molar-refractivity contribution in [2.45, 2.75) is 6.42 Å². The van der Waals surface area contributed by atoms with Crippen molar-refractivity contribution >= 4 is 21.5 Å². The highest BCUT2D eigenvalue weighted by Gasteiger charge is 1.97. The average molecular weight is 240 g/mol. The molecule has 0 bridgehead atoms. The van der Waals surface area contributed by atoms with Crippen LogP contribution in [-0.2, 0) is 0 Å². The molecule has 0 aliphatic heterocycles. The van der Waals surface area contributed by atoms with Gasteiger partial charge in [-0.2, -0.15) is 0 Å². The molecule has 70 valence electrons. The fraction of sp³-hybridized carbons (Fsp3) is 0.273. The number of rotatable bonds is 4. The lowest BCUT2D eigenvalue weighted by atomic mass is 10.1. The molecule has 0 heterocycles. The lowest BCUT2D eigenvalue weighted by molar-refractivity contribution is 0.816. The largest absolute Gasteiger partial charge is 0.319 e. The fourth-order valence-electron chi connectivity index (χ4n) is 1.11. The van der Waals surface area contributed by atoms with Gasteiger partial charge in [-0.1, -0.05) is 34.6 Å². The Morgan fingerprint density at radius 1 is 1.38 bits per heavy atom. The van der Waals surface area contributed by atoms with Crippen LogP contribution in [0.15, 0.2) is 35.3 Å². The second-order valence-electron chi connectivity index (χ2n) is 2.96. The van der Waals surface area contributed by atoms with Gasteiger partial charge < -0.3 is 5.32 Å². The SMILES string of the molecule is C=C(CCNC)c1ccc(Br)cc1. The summed E-state index contributed by atoms with van der Waals surface area (Å²) in [7, 11) is 1.95. The molecule has 1 N–H and O–H groups in total. The highest BCUT2D eigenvalue weighted by Crippen LogP contribution is 2.18. The van der Waals surface area contributed by atoms with E-state index in [1.54, 1.807) is 0 Å². The van der Waals surface area contributed by atoms with Gasteiger partial charge in [-0.05, 0) is 43.3 Å². The van der Waals surface area contributed by atoms with E-state index in [-0.39, 0.29) is 0 Å². The normalized spacial score (nSPS) is 10.0. The smallest absolute Gasteiger partial charge is 0.0175 e. The van der Waals surface area contributed by atoms with Gasteiger partial charge in [0.1, 0.15) is 0 Å². The van der Waals surface area contributed by atoms with E-state index >= 15 is 0 Å². The number of halogens is 1. The maximum absolute atomic E-state index is 4.04. The lowest BCUT2D eigenvalue weighted by Gasteiger charge is -2.05. The molecule has 1 aromatic rings. The number of hydrogen-bond acceptors (Lipinski definition) is 1. The zero-order valence-corrected chi connectivity index (χ0v) is 9.39. The quantitative estimate of drug-likeness (QED) is 0.852. The van der Waals surface area contributed by atoms with Gasteiger partial charge in [0.2, 0.25) is 0 Å². The van der Waals surface area contributed by atoms with Crippen molar-refractivity contribution in [3.63, 3.8) is 0 Å². The van der Waals surface area contributed by atoms with Gasteiger partial charge in [0.25, 0.3) is 0 Å². The Kier molecular flexibility index (Phi) is 4.19. The third kappa shape index (κ3) is 3.33. The third-order valence-corrected chi connectivity index (χ3v) is 2.46. The Morgan fingerprint density at radius 2 is 2.00 bits per heavy atom. The standard InChI is InChI=1S/C11H14BrN/c1-9(7-8-13-2)10-3-5-11(12)6-4-10/h3-6,13H,1,7-8H2,2H3. The summed E-state index contributed by atoms with van der Waals surface area (Å²) in [6.45, 7) is 5.02. The Bertz CT molecular complexity index is 277. The maximum atomic E-state index is 4.04. The lowest BCUT2D eigenvalue weighted by Crippen LogP contribution is -2.07. The second kappa shape index (κ2) is 5.20. The van der Waals surface area contributed by atoms with Crippen LogP contribution in [0, 0.1) is 0 Å². The summed E-state index contributed by atoms with van der Waals surface area (Å²) in [4.78, 5) is 0. The fourth-order valence-corrected chi connectivity index (χ4v) is 1.37. The van der Waals surface area contributed by atoms with Crippen molar-refractivity contribution in [2.24, 2.45) is 0 Å². The van der Waals surface area contributed by atoms with Crippen LogP contribution in [0.25, 0.3) is 5.57 Å². The molecule has 0 amide bonds. The molecule has 1 nitrogen and oxygen atoms in total. The van der Waals surface area contributed by atoms with E-state index in [4.69, 9.17) is 0 Å². The van der Waals surface area contributed by atoms with Crippen LogP contribution in [0.3, 0.4) is 0 Å². The summed E-state index contributed by atoms with van der Waals surface area (Å²) < 4.78 is 1.11. The summed E-state index contributed by atoms with van der Waals surface area (Å²) in [6.07, 6.45) is 0.998. The van der Waals surface area contributed by atoms with Gasteiger partial charge >= 0.3 is 0 Å². The minimum atomic E-state index is 0.981. The van der Waals surface area contributed by atoms with Crippen molar-refractivity contribution in [3.8, 4) is 0 Å². The van der Waals surface area contributed by atoms with Crippen LogP contribution in [-0.4, -0.2) is 13.6 Å². The summed E-state index contributed by atoms with van der Waals surface area (Å²) in [6, 6.07) is 8.25. The van der Waals surface area contributed by atoms with Crippen LogP contribution in [0.2, 0.25) is 0 Å². The van der Waals surface area contributed by atoms with Crippen molar-refractivity contribution < 1.29 is 0 Å². The molecular formula is C11H14BrN. The van der Waals surface area contributed by atoms with E-state index in [1.165, 1.54) is 11.1 Å². The minimum absolute atomic E-state index is 0.981. The molecule has 0 aliphatic rings. The Hall–Kier alpha value is -0.600. The third-order valence-electron chi connectivity index (χ3n) is 1.93. The Morgan fingerprint density at radius 3 is 2.54 bits per heavy atom. The van der Waals surface area contributed by atoms with Crippen LogP contribution >= 0.6 is 15.9 Å². The molecule has 0 aliphatic carbocycles. The van der Waals surface area contributed by atoms with Crippen LogP contribution in [0.5, 0.6) is 0 Å². The molecule has 0 spiro atoms. The molecule has 0 saturated carbocycles.